The molecule has 0 aliphatic carbocycles. The fourth-order valence-corrected chi connectivity index (χ4v) is 4.14. The summed E-state index contributed by atoms with van der Waals surface area (Å²) in [7, 11) is 0. The summed E-state index contributed by atoms with van der Waals surface area (Å²) >= 11 is 1.54. The van der Waals surface area contributed by atoms with Crippen molar-refractivity contribution < 1.29 is 32.7 Å². The molecule has 2 fully saturated rings. The third-order valence-corrected chi connectivity index (χ3v) is 5.67. The highest BCUT2D eigenvalue weighted by Crippen LogP contribution is 2.40. The van der Waals surface area contributed by atoms with E-state index in [2.05, 4.69) is 4.98 Å². The Bertz CT molecular complexity index is 913. The number of carboxylic acid groups (broad SMARTS) is 1. The van der Waals surface area contributed by atoms with E-state index in [1.54, 1.807) is 24.5 Å². The van der Waals surface area contributed by atoms with E-state index in [4.69, 9.17) is 9.90 Å². The molecule has 0 bridgehead atoms. The predicted molar refractivity (Wildman–Crippen MR) is 101 cm³/mol. The largest absolute Gasteiger partial charge is 0.490 e. The maximum atomic E-state index is 12.5. The zero-order valence-corrected chi connectivity index (χ0v) is 16.4. The molecule has 2 aliphatic rings. The third-order valence-electron chi connectivity index (χ3n) is 4.98. The van der Waals surface area contributed by atoms with Crippen LogP contribution in [-0.4, -0.2) is 70.0 Å². The van der Waals surface area contributed by atoms with Gasteiger partial charge in [0.1, 0.15) is 0 Å². The van der Waals surface area contributed by atoms with Gasteiger partial charge in [-0.1, -0.05) is 0 Å². The second-order valence-electron chi connectivity index (χ2n) is 7.19. The maximum Gasteiger partial charge on any atom is 0.490 e. The van der Waals surface area contributed by atoms with Crippen LogP contribution in [0, 0.1) is 5.41 Å². The van der Waals surface area contributed by atoms with Crippen molar-refractivity contribution in [3.05, 3.63) is 52.5 Å². The SMILES string of the molecule is O=C(O)C(F)(F)F.O=C(c1cccnc1)N1CCC2(C1)CN(C(=O)c1ccsc1)C2. The molecule has 2 aromatic rings. The van der Waals surface area contributed by atoms with Gasteiger partial charge in [0.15, 0.2) is 0 Å². The van der Waals surface area contributed by atoms with E-state index in [1.165, 1.54) is 11.3 Å². The van der Waals surface area contributed by atoms with Gasteiger partial charge in [0.25, 0.3) is 11.8 Å². The lowest BCUT2D eigenvalue weighted by atomic mass is 9.79. The molecule has 7 nitrogen and oxygen atoms in total. The topological polar surface area (TPSA) is 90.8 Å². The quantitative estimate of drug-likeness (QED) is 0.774. The number of alkyl halides is 3. The molecule has 2 aliphatic heterocycles. The van der Waals surface area contributed by atoms with Gasteiger partial charge in [-0.3, -0.25) is 14.6 Å². The van der Waals surface area contributed by atoms with Crippen LogP contribution in [0.1, 0.15) is 27.1 Å². The molecule has 1 N–H and O–H groups in total. The van der Waals surface area contributed by atoms with E-state index in [1.807, 2.05) is 26.6 Å². The van der Waals surface area contributed by atoms with Crippen LogP contribution >= 0.6 is 11.3 Å². The summed E-state index contributed by atoms with van der Waals surface area (Å²) in [6.45, 7) is 2.99. The number of amides is 2. The van der Waals surface area contributed by atoms with E-state index < -0.39 is 12.1 Å². The Balaban J connectivity index is 0.000000318. The molecule has 160 valence electrons. The van der Waals surface area contributed by atoms with Crippen LogP contribution in [0.4, 0.5) is 13.2 Å². The number of carboxylic acids is 1. The number of aliphatic carboxylic acids is 1. The minimum Gasteiger partial charge on any atom is -0.475 e. The van der Waals surface area contributed by atoms with E-state index >= 15 is 0 Å². The van der Waals surface area contributed by atoms with Crippen LogP contribution < -0.4 is 0 Å². The number of carbonyl (C=O) groups excluding carboxylic acids is 2. The lowest BCUT2D eigenvalue weighted by molar-refractivity contribution is -0.192. The highest BCUT2D eigenvalue weighted by Gasteiger charge is 2.50. The van der Waals surface area contributed by atoms with Crippen LogP contribution in [0.15, 0.2) is 41.4 Å². The van der Waals surface area contributed by atoms with Crippen molar-refractivity contribution >= 4 is 29.1 Å². The summed E-state index contributed by atoms with van der Waals surface area (Å²) in [5, 5.41) is 10.9. The van der Waals surface area contributed by atoms with Gasteiger partial charge in [-0.05, 0) is 30.0 Å². The van der Waals surface area contributed by atoms with Crippen molar-refractivity contribution in [1.82, 2.24) is 14.8 Å². The average molecular weight is 441 g/mol. The number of thiophene rings is 1. The molecule has 0 unspecified atom stereocenters. The number of hydrogen-bond donors (Lipinski definition) is 1. The van der Waals surface area contributed by atoms with E-state index in [0.717, 1.165) is 38.2 Å². The number of likely N-dealkylation sites (tertiary alicyclic amines) is 2. The van der Waals surface area contributed by atoms with Gasteiger partial charge >= 0.3 is 12.1 Å². The van der Waals surface area contributed by atoms with Gasteiger partial charge in [0.05, 0.1) is 11.1 Å². The van der Waals surface area contributed by atoms with Gasteiger partial charge < -0.3 is 14.9 Å². The molecule has 4 heterocycles. The van der Waals surface area contributed by atoms with Crippen molar-refractivity contribution in [2.45, 2.75) is 12.6 Å². The summed E-state index contributed by atoms with van der Waals surface area (Å²) in [5.41, 5.74) is 1.49. The fourth-order valence-electron chi connectivity index (χ4n) is 3.51. The Morgan fingerprint density at radius 2 is 1.70 bits per heavy atom. The van der Waals surface area contributed by atoms with Gasteiger partial charge in [-0.15, -0.1) is 0 Å². The molecular formula is C19H18F3N3O4S. The molecule has 2 aromatic heterocycles. The molecule has 0 atom stereocenters. The molecule has 11 heteroatoms. The highest BCUT2D eigenvalue weighted by atomic mass is 32.1. The number of rotatable bonds is 2. The second-order valence-corrected chi connectivity index (χ2v) is 7.97. The van der Waals surface area contributed by atoms with Gasteiger partial charge in [0.2, 0.25) is 0 Å². The third kappa shape index (κ3) is 4.78. The zero-order valence-electron chi connectivity index (χ0n) is 15.6. The Kier molecular flexibility index (Phi) is 6.11. The van der Waals surface area contributed by atoms with Crippen molar-refractivity contribution in [3.63, 3.8) is 0 Å². The van der Waals surface area contributed by atoms with E-state index in [0.29, 0.717) is 5.56 Å². The van der Waals surface area contributed by atoms with Crippen molar-refractivity contribution in [2.24, 2.45) is 5.41 Å². The monoisotopic (exact) mass is 441 g/mol. The fraction of sp³-hybridized carbons (Fsp3) is 0.368. The number of halogens is 3. The average Bonchev–Trinajstić information content (AvgIpc) is 3.36. The molecule has 30 heavy (non-hydrogen) atoms. The summed E-state index contributed by atoms with van der Waals surface area (Å²) in [6.07, 6.45) is -0.838. The standard InChI is InChI=1S/C17H17N3O2S.C2HF3O2/c21-15(13-2-1-5-18-8-13)19-6-4-17(10-19)11-20(12-17)16(22)14-3-7-23-9-14;3-2(4,5)1(6)7/h1-3,5,7-9H,4,6,10-12H2;(H,6,7). The minimum absolute atomic E-state index is 0.0394. The van der Waals surface area contributed by atoms with Crippen LogP contribution in [0.3, 0.4) is 0 Å². The molecular weight excluding hydrogens is 423 g/mol. The second kappa shape index (κ2) is 8.42. The van der Waals surface area contributed by atoms with Crippen LogP contribution in [-0.2, 0) is 4.79 Å². The van der Waals surface area contributed by atoms with Crippen molar-refractivity contribution in [2.75, 3.05) is 26.2 Å². The van der Waals surface area contributed by atoms with Crippen LogP contribution in [0.5, 0.6) is 0 Å². The lowest BCUT2D eigenvalue weighted by Crippen LogP contribution is -2.59. The lowest BCUT2D eigenvalue weighted by Gasteiger charge is -2.47. The number of aromatic nitrogens is 1. The van der Waals surface area contributed by atoms with Gasteiger partial charge in [-0.2, -0.15) is 24.5 Å². The smallest absolute Gasteiger partial charge is 0.475 e. The molecule has 0 aromatic carbocycles. The first-order valence-electron chi connectivity index (χ1n) is 8.92. The molecule has 0 saturated carbocycles. The summed E-state index contributed by atoms with van der Waals surface area (Å²) < 4.78 is 31.7. The first-order valence-corrected chi connectivity index (χ1v) is 9.86. The highest BCUT2D eigenvalue weighted by molar-refractivity contribution is 7.08. The van der Waals surface area contributed by atoms with Crippen molar-refractivity contribution in [1.29, 1.82) is 0 Å². The van der Waals surface area contributed by atoms with E-state index in [-0.39, 0.29) is 17.2 Å². The Hall–Kier alpha value is -2.95. The molecule has 2 amide bonds. The maximum absolute atomic E-state index is 12.5. The number of hydrogen-bond acceptors (Lipinski definition) is 5. The van der Waals surface area contributed by atoms with Crippen LogP contribution in [0.25, 0.3) is 0 Å². The molecule has 4 rings (SSSR count). The normalized spacial score (nSPS) is 17.2. The zero-order chi connectivity index (χ0) is 21.9. The first kappa shape index (κ1) is 21.8. The number of carbonyl (C=O) groups is 3. The Morgan fingerprint density at radius 1 is 1.07 bits per heavy atom. The van der Waals surface area contributed by atoms with Gasteiger partial charge in [0, 0.05) is 49.4 Å². The summed E-state index contributed by atoms with van der Waals surface area (Å²) in [5.74, 6) is -2.61. The number of nitrogens with zero attached hydrogens (tertiary/aromatic N) is 3. The summed E-state index contributed by atoms with van der Waals surface area (Å²) in [4.78, 5) is 41.5. The van der Waals surface area contributed by atoms with Gasteiger partial charge in [-0.25, -0.2) is 4.79 Å². The van der Waals surface area contributed by atoms with Crippen molar-refractivity contribution in [3.8, 4) is 0 Å². The molecule has 2 saturated heterocycles. The number of pyridine rings is 1. The summed E-state index contributed by atoms with van der Waals surface area (Å²) in [6, 6.07) is 5.45. The van der Waals surface area contributed by atoms with E-state index in [9.17, 15) is 22.8 Å². The predicted octanol–water partition coefficient (Wildman–Crippen LogP) is 2.76. The van der Waals surface area contributed by atoms with Crippen LogP contribution in [0.2, 0.25) is 0 Å². The first-order chi connectivity index (χ1) is 14.1. The Labute approximate surface area is 173 Å². The molecule has 1 spiro atoms. The molecule has 0 radical (unpaired) electrons. The minimum atomic E-state index is -5.08. The Morgan fingerprint density at radius 3 is 2.23 bits per heavy atom.